The monoisotopic (exact) mass is 416 g/mol. The second kappa shape index (κ2) is 9.45. The fraction of sp³-hybridized carbons (Fsp3) is 0.200. The third-order valence-electron chi connectivity index (χ3n) is 5.32. The smallest absolute Gasteiger partial charge is 0.407 e. The first-order valence-corrected chi connectivity index (χ1v) is 10.1. The van der Waals surface area contributed by atoms with Crippen LogP contribution in [-0.4, -0.2) is 31.3 Å². The first-order valence-electron chi connectivity index (χ1n) is 10.1. The molecule has 4 rings (SSSR count). The molecular weight excluding hydrogens is 394 g/mol. The molecule has 0 heterocycles. The topological polar surface area (TPSA) is 87.7 Å². The van der Waals surface area contributed by atoms with Gasteiger partial charge in [0.15, 0.2) is 0 Å². The molecule has 6 heteroatoms. The number of carbonyl (C=O) groups excluding carboxylic acids is 2. The third kappa shape index (κ3) is 4.75. The first-order chi connectivity index (χ1) is 15.1. The summed E-state index contributed by atoms with van der Waals surface area (Å²) in [6.07, 6.45) is -0.820. The second-order valence-corrected chi connectivity index (χ2v) is 7.34. The first kappa shape index (κ1) is 20.6. The van der Waals surface area contributed by atoms with Crippen LogP contribution in [0.4, 0.5) is 4.79 Å². The van der Waals surface area contributed by atoms with Crippen molar-refractivity contribution >= 4 is 12.1 Å². The largest absolute Gasteiger partial charge is 0.548 e. The third-order valence-corrected chi connectivity index (χ3v) is 5.32. The van der Waals surface area contributed by atoms with Gasteiger partial charge in [-0.25, -0.2) is 4.79 Å². The Balaban J connectivity index is 1.34. The SMILES string of the molecule is O=C(N[C@@H](COCc1ccccc1)C(=O)[O-])OCC1c2ccccc2-c2ccccc21. The van der Waals surface area contributed by atoms with Crippen LogP contribution in [0.1, 0.15) is 22.6 Å². The van der Waals surface area contributed by atoms with E-state index in [1.54, 1.807) is 0 Å². The Morgan fingerprint density at radius 3 is 2.06 bits per heavy atom. The van der Waals surface area contributed by atoms with E-state index in [1.807, 2.05) is 78.9 Å². The highest BCUT2D eigenvalue weighted by Gasteiger charge is 2.29. The molecule has 1 N–H and O–H groups in total. The molecule has 0 saturated heterocycles. The number of amides is 1. The van der Waals surface area contributed by atoms with Gasteiger partial charge in [-0.3, -0.25) is 0 Å². The number of nitrogens with one attached hydrogen (secondary N) is 1. The van der Waals surface area contributed by atoms with Gasteiger partial charge in [-0.1, -0.05) is 78.9 Å². The number of hydrogen-bond donors (Lipinski definition) is 1. The molecule has 31 heavy (non-hydrogen) atoms. The van der Waals surface area contributed by atoms with E-state index in [-0.39, 0.29) is 25.7 Å². The number of aliphatic carboxylic acids is 1. The van der Waals surface area contributed by atoms with Gasteiger partial charge in [-0.05, 0) is 27.8 Å². The summed E-state index contributed by atoms with van der Waals surface area (Å²) in [5, 5.41) is 13.7. The molecule has 1 atom stereocenters. The van der Waals surface area contributed by atoms with E-state index in [2.05, 4.69) is 5.32 Å². The van der Waals surface area contributed by atoms with E-state index in [4.69, 9.17) is 9.47 Å². The minimum atomic E-state index is -1.43. The van der Waals surface area contributed by atoms with E-state index in [0.29, 0.717) is 0 Å². The van der Waals surface area contributed by atoms with Crippen LogP contribution in [0.3, 0.4) is 0 Å². The Kier molecular flexibility index (Phi) is 6.29. The average Bonchev–Trinajstić information content (AvgIpc) is 3.11. The Morgan fingerprint density at radius 2 is 1.45 bits per heavy atom. The number of hydrogen-bond acceptors (Lipinski definition) is 5. The van der Waals surface area contributed by atoms with E-state index < -0.39 is 18.1 Å². The van der Waals surface area contributed by atoms with Crippen molar-refractivity contribution in [1.82, 2.24) is 5.32 Å². The maximum Gasteiger partial charge on any atom is 0.407 e. The molecule has 158 valence electrons. The van der Waals surface area contributed by atoms with E-state index in [1.165, 1.54) is 0 Å². The molecule has 1 amide bonds. The van der Waals surface area contributed by atoms with Gasteiger partial charge in [0.25, 0.3) is 0 Å². The zero-order chi connectivity index (χ0) is 21.6. The summed E-state index contributed by atoms with van der Waals surface area (Å²) >= 11 is 0. The van der Waals surface area contributed by atoms with Crippen LogP contribution in [0.15, 0.2) is 78.9 Å². The predicted molar refractivity (Wildman–Crippen MR) is 113 cm³/mol. The highest BCUT2D eigenvalue weighted by atomic mass is 16.5. The molecule has 0 radical (unpaired) electrons. The van der Waals surface area contributed by atoms with Gasteiger partial charge in [-0.2, -0.15) is 0 Å². The lowest BCUT2D eigenvalue weighted by atomic mass is 9.98. The van der Waals surface area contributed by atoms with Crippen LogP contribution >= 0.6 is 0 Å². The molecular formula is C25H22NO5-. The van der Waals surface area contributed by atoms with Crippen molar-refractivity contribution < 1.29 is 24.2 Å². The van der Waals surface area contributed by atoms with E-state index in [0.717, 1.165) is 27.8 Å². The fourth-order valence-corrected chi connectivity index (χ4v) is 3.82. The van der Waals surface area contributed by atoms with E-state index in [9.17, 15) is 14.7 Å². The minimum Gasteiger partial charge on any atom is -0.548 e. The zero-order valence-electron chi connectivity index (χ0n) is 16.8. The summed E-state index contributed by atoms with van der Waals surface area (Å²) in [7, 11) is 0. The van der Waals surface area contributed by atoms with Gasteiger partial charge in [0, 0.05) is 5.92 Å². The lowest BCUT2D eigenvalue weighted by molar-refractivity contribution is -0.309. The molecule has 3 aromatic rings. The summed E-state index contributed by atoms with van der Waals surface area (Å²) in [5.74, 6) is -1.53. The van der Waals surface area contributed by atoms with Crippen molar-refractivity contribution in [3.05, 3.63) is 95.6 Å². The van der Waals surface area contributed by atoms with Gasteiger partial charge < -0.3 is 24.7 Å². The van der Waals surface area contributed by atoms with Crippen LogP contribution in [0.2, 0.25) is 0 Å². The maximum absolute atomic E-state index is 12.3. The standard InChI is InChI=1S/C25H23NO5/c27-24(28)23(16-30-14-17-8-2-1-3-9-17)26-25(29)31-15-22-20-12-6-4-10-18(20)19-11-5-7-13-21(19)22/h1-13,22-23H,14-16H2,(H,26,29)(H,27,28)/p-1/t23-/m0/s1. The fourth-order valence-electron chi connectivity index (χ4n) is 3.82. The van der Waals surface area contributed by atoms with E-state index >= 15 is 0 Å². The van der Waals surface area contributed by atoms with Gasteiger partial charge in [0.1, 0.15) is 6.61 Å². The van der Waals surface area contributed by atoms with Crippen molar-refractivity contribution in [2.24, 2.45) is 0 Å². The summed E-state index contributed by atoms with van der Waals surface area (Å²) in [4.78, 5) is 23.7. The molecule has 0 fully saturated rings. The number of benzene rings is 3. The Morgan fingerprint density at radius 1 is 0.871 bits per heavy atom. The summed E-state index contributed by atoms with van der Waals surface area (Å²) in [6, 6.07) is 24.0. The average molecular weight is 416 g/mol. The van der Waals surface area contributed by atoms with Gasteiger partial charge in [0.05, 0.1) is 25.2 Å². The number of alkyl carbamates (subject to hydrolysis) is 1. The van der Waals surface area contributed by atoms with Crippen LogP contribution in [0.25, 0.3) is 11.1 Å². The lowest BCUT2D eigenvalue weighted by Gasteiger charge is -2.20. The number of carboxylic acids is 1. The van der Waals surface area contributed by atoms with Gasteiger partial charge >= 0.3 is 6.09 Å². The molecule has 1 aliphatic carbocycles. The zero-order valence-corrected chi connectivity index (χ0v) is 16.8. The molecule has 0 aliphatic heterocycles. The Bertz CT molecular complexity index is 1020. The highest BCUT2D eigenvalue weighted by Crippen LogP contribution is 2.44. The number of carbonyl (C=O) groups is 2. The second-order valence-electron chi connectivity index (χ2n) is 7.34. The number of fused-ring (bicyclic) bond motifs is 3. The minimum absolute atomic E-state index is 0.102. The lowest BCUT2D eigenvalue weighted by Crippen LogP contribution is -2.50. The van der Waals surface area contributed by atoms with Crippen LogP contribution in [0, 0.1) is 0 Å². The van der Waals surface area contributed by atoms with Gasteiger partial charge in [-0.15, -0.1) is 0 Å². The summed E-state index contributed by atoms with van der Waals surface area (Å²) in [6.45, 7) is 0.114. The predicted octanol–water partition coefficient (Wildman–Crippen LogP) is 2.86. The van der Waals surface area contributed by atoms with Crippen LogP contribution < -0.4 is 10.4 Å². The molecule has 0 bridgehead atoms. The molecule has 0 spiro atoms. The highest BCUT2D eigenvalue weighted by molar-refractivity contribution is 5.80. The number of carboxylic acid groups (broad SMARTS) is 1. The summed E-state index contributed by atoms with van der Waals surface area (Å²) < 4.78 is 10.8. The number of ether oxygens (including phenoxy) is 2. The van der Waals surface area contributed by atoms with Crippen molar-refractivity contribution in [3.8, 4) is 11.1 Å². The Hall–Kier alpha value is -3.64. The Labute approximate surface area is 180 Å². The molecule has 1 aliphatic rings. The quantitative estimate of drug-likeness (QED) is 0.610. The molecule has 0 saturated carbocycles. The molecule has 6 nitrogen and oxygen atoms in total. The van der Waals surface area contributed by atoms with Crippen LogP contribution in [0.5, 0.6) is 0 Å². The maximum atomic E-state index is 12.3. The summed E-state index contributed by atoms with van der Waals surface area (Å²) in [5.41, 5.74) is 5.31. The van der Waals surface area contributed by atoms with Crippen molar-refractivity contribution in [2.45, 2.75) is 18.6 Å². The van der Waals surface area contributed by atoms with Crippen molar-refractivity contribution in [2.75, 3.05) is 13.2 Å². The molecule has 3 aromatic carbocycles. The number of rotatable bonds is 8. The molecule has 0 unspecified atom stereocenters. The molecule has 0 aromatic heterocycles. The van der Waals surface area contributed by atoms with Crippen molar-refractivity contribution in [3.63, 3.8) is 0 Å². The van der Waals surface area contributed by atoms with Crippen molar-refractivity contribution in [1.29, 1.82) is 0 Å². The normalized spacial score (nSPS) is 13.2. The van der Waals surface area contributed by atoms with Crippen LogP contribution in [-0.2, 0) is 20.9 Å². The van der Waals surface area contributed by atoms with Gasteiger partial charge in [0.2, 0.25) is 0 Å².